The zero-order valence-corrected chi connectivity index (χ0v) is 19.1. The molecule has 0 spiro atoms. The predicted molar refractivity (Wildman–Crippen MR) is 121 cm³/mol. The van der Waals surface area contributed by atoms with Gasteiger partial charge in [-0.15, -0.1) is 0 Å². The van der Waals surface area contributed by atoms with E-state index in [1.165, 1.54) is 7.11 Å². The van der Waals surface area contributed by atoms with Gasteiger partial charge in [0.25, 0.3) is 0 Å². The molecule has 1 aromatic heterocycles. The molecule has 7 nitrogen and oxygen atoms in total. The standard InChI is InChI=1S/C23H36N4O3/c1-15(2)30-21(28)13-17-16(3)26-14-18(19(24)7-8-20(25)29-6)22(17)27-11-9-23(4,5)10-12-27/h7-8,14-15H,9-13,24-25H2,1-6H3/b19-7-,20-8+. The van der Waals surface area contributed by atoms with Crippen molar-refractivity contribution in [3.05, 3.63) is 41.1 Å². The van der Waals surface area contributed by atoms with Gasteiger partial charge in [-0.1, -0.05) is 13.8 Å². The normalized spacial score (nSPS) is 17.2. The number of anilines is 1. The summed E-state index contributed by atoms with van der Waals surface area (Å²) in [5.41, 5.74) is 16.4. The first-order valence-corrected chi connectivity index (χ1v) is 10.4. The highest BCUT2D eigenvalue weighted by Crippen LogP contribution is 2.37. The number of aromatic nitrogens is 1. The number of esters is 1. The molecular formula is C23H36N4O3. The van der Waals surface area contributed by atoms with Crippen molar-refractivity contribution in [1.82, 2.24) is 4.98 Å². The van der Waals surface area contributed by atoms with E-state index >= 15 is 0 Å². The lowest BCUT2D eigenvalue weighted by molar-refractivity contribution is -0.146. The molecular weight excluding hydrogens is 380 g/mol. The van der Waals surface area contributed by atoms with Gasteiger partial charge in [-0.05, 0) is 51.2 Å². The molecule has 2 heterocycles. The Morgan fingerprint density at radius 3 is 2.47 bits per heavy atom. The van der Waals surface area contributed by atoms with E-state index < -0.39 is 0 Å². The maximum absolute atomic E-state index is 12.5. The zero-order valence-electron chi connectivity index (χ0n) is 19.1. The Kier molecular flexibility index (Phi) is 7.76. The first-order valence-electron chi connectivity index (χ1n) is 10.4. The molecule has 7 heteroatoms. The number of methoxy groups -OCH3 is 1. The minimum atomic E-state index is -0.267. The second kappa shape index (κ2) is 9.87. The number of aryl methyl sites for hydroxylation is 1. The van der Waals surface area contributed by atoms with Gasteiger partial charge in [0.05, 0.1) is 25.3 Å². The summed E-state index contributed by atoms with van der Waals surface area (Å²) in [6.07, 6.45) is 7.20. The molecule has 1 aromatic rings. The molecule has 30 heavy (non-hydrogen) atoms. The van der Waals surface area contributed by atoms with E-state index in [9.17, 15) is 4.79 Å². The van der Waals surface area contributed by atoms with Gasteiger partial charge in [-0.3, -0.25) is 9.78 Å². The highest BCUT2D eigenvalue weighted by Gasteiger charge is 2.29. The van der Waals surface area contributed by atoms with Crippen LogP contribution in [0, 0.1) is 12.3 Å². The average molecular weight is 417 g/mol. The van der Waals surface area contributed by atoms with Crippen molar-refractivity contribution in [3.8, 4) is 0 Å². The SMILES string of the molecule is CO/C(N)=C/C=C(\N)c1cnc(C)c(CC(=O)OC(C)C)c1N1CCC(C)(C)CC1. The third-order valence-electron chi connectivity index (χ3n) is 5.46. The van der Waals surface area contributed by atoms with E-state index in [1.807, 2.05) is 20.8 Å². The molecule has 0 aromatic carbocycles. The molecule has 1 saturated heterocycles. The van der Waals surface area contributed by atoms with Gasteiger partial charge >= 0.3 is 5.97 Å². The quantitative estimate of drug-likeness (QED) is 0.399. The fourth-order valence-electron chi connectivity index (χ4n) is 3.53. The van der Waals surface area contributed by atoms with Crippen molar-refractivity contribution in [2.45, 2.75) is 60.0 Å². The minimum Gasteiger partial charge on any atom is -0.483 e. The van der Waals surface area contributed by atoms with E-state index in [4.69, 9.17) is 20.9 Å². The monoisotopic (exact) mass is 416 g/mol. The lowest BCUT2D eigenvalue weighted by atomic mass is 9.82. The number of carbonyl (C=O) groups is 1. The molecule has 0 radical (unpaired) electrons. The Morgan fingerprint density at radius 1 is 1.27 bits per heavy atom. The topological polar surface area (TPSA) is 104 Å². The Balaban J connectivity index is 2.53. The van der Waals surface area contributed by atoms with E-state index in [2.05, 4.69) is 23.7 Å². The Hall–Kier alpha value is -2.70. The van der Waals surface area contributed by atoms with Crippen LogP contribution in [0.2, 0.25) is 0 Å². The predicted octanol–water partition coefficient (Wildman–Crippen LogP) is 3.26. The highest BCUT2D eigenvalue weighted by molar-refractivity contribution is 5.83. The molecule has 0 bridgehead atoms. The van der Waals surface area contributed by atoms with Gasteiger partial charge in [0.15, 0.2) is 5.88 Å². The second-order valence-corrected chi connectivity index (χ2v) is 8.85. The summed E-state index contributed by atoms with van der Waals surface area (Å²) in [4.78, 5) is 19.3. The highest BCUT2D eigenvalue weighted by atomic mass is 16.5. The van der Waals surface area contributed by atoms with Gasteiger partial charge in [0.1, 0.15) is 0 Å². The number of piperidine rings is 1. The summed E-state index contributed by atoms with van der Waals surface area (Å²) >= 11 is 0. The van der Waals surface area contributed by atoms with Crippen LogP contribution < -0.4 is 16.4 Å². The van der Waals surface area contributed by atoms with Crippen LogP contribution in [0.1, 0.15) is 57.4 Å². The van der Waals surface area contributed by atoms with Crippen LogP contribution in [0.15, 0.2) is 24.2 Å². The van der Waals surface area contributed by atoms with Gasteiger partial charge in [-0.2, -0.15) is 0 Å². The number of nitrogens with zero attached hydrogens (tertiary/aromatic N) is 2. The van der Waals surface area contributed by atoms with Crippen molar-refractivity contribution in [2.24, 2.45) is 16.9 Å². The number of rotatable bonds is 7. The van der Waals surface area contributed by atoms with Gasteiger partial charge in [-0.25, -0.2) is 0 Å². The number of hydrogen-bond donors (Lipinski definition) is 2. The van der Waals surface area contributed by atoms with Gasteiger partial charge in [0, 0.05) is 41.8 Å². The largest absolute Gasteiger partial charge is 0.483 e. The van der Waals surface area contributed by atoms with Crippen LogP contribution in [-0.2, 0) is 20.7 Å². The van der Waals surface area contributed by atoms with Crippen LogP contribution in [0.5, 0.6) is 0 Å². The Labute approximate surface area is 180 Å². The maximum atomic E-state index is 12.5. The number of nitrogens with two attached hydrogens (primary N) is 2. The van der Waals surface area contributed by atoms with Crippen LogP contribution in [0.25, 0.3) is 5.70 Å². The van der Waals surface area contributed by atoms with E-state index in [1.54, 1.807) is 18.3 Å². The lowest BCUT2D eigenvalue weighted by Crippen LogP contribution is -2.38. The van der Waals surface area contributed by atoms with Crippen molar-refractivity contribution in [3.63, 3.8) is 0 Å². The fourth-order valence-corrected chi connectivity index (χ4v) is 3.53. The molecule has 166 valence electrons. The molecule has 0 amide bonds. The number of ether oxygens (including phenoxy) is 2. The minimum absolute atomic E-state index is 0.156. The number of hydrogen-bond acceptors (Lipinski definition) is 7. The summed E-state index contributed by atoms with van der Waals surface area (Å²) in [6.45, 7) is 12.0. The molecule has 1 aliphatic rings. The van der Waals surface area contributed by atoms with E-state index in [0.717, 1.165) is 48.4 Å². The summed E-state index contributed by atoms with van der Waals surface area (Å²) in [5.74, 6) is -0.00302. The number of pyridine rings is 1. The zero-order chi connectivity index (χ0) is 22.5. The smallest absolute Gasteiger partial charge is 0.310 e. The fraction of sp³-hybridized carbons (Fsp3) is 0.565. The van der Waals surface area contributed by atoms with Crippen molar-refractivity contribution in [1.29, 1.82) is 0 Å². The summed E-state index contributed by atoms with van der Waals surface area (Å²) in [5, 5.41) is 0. The van der Waals surface area contributed by atoms with Crippen molar-refractivity contribution in [2.75, 3.05) is 25.1 Å². The third-order valence-corrected chi connectivity index (χ3v) is 5.46. The Morgan fingerprint density at radius 2 is 1.90 bits per heavy atom. The van der Waals surface area contributed by atoms with Crippen LogP contribution >= 0.6 is 0 Å². The summed E-state index contributed by atoms with van der Waals surface area (Å²) in [7, 11) is 1.50. The van der Waals surface area contributed by atoms with Crippen molar-refractivity contribution < 1.29 is 14.3 Å². The second-order valence-electron chi connectivity index (χ2n) is 8.85. The van der Waals surface area contributed by atoms with E-state index in [-0.39, 0.29) is 24.4 Å². The molecule has 2 rings (SSSR count). The summed E-state index contributed by atoms with van der Waals surface area (Å²) in [6, 6.07) is 0. The van der Waals surface area contributed by atoms with Crippen LogP contribution in [0.3, 0.4) is 0 Å². The third kappa shape index (κ3) is 6.15. The van der Waals surface area contributed by atoms with E-state index in [0.29, 0.717) is 11.1 Å². The van der Waals surface area contributed by atoms with Crippen LogP contribution in [0.4, 0.5) is 5.69 Å². The first-order chi connectivity index (χ1) is 14.0. The first kappa shape index (κ1) is 23.6. The molecule has 0 saturated carbocycles. The molecule has 0 aliphatic carbocycles. The lowest BCUT2D eigenvalue weighted by Gasteiger charge is -2.40. The molecule has 1 fully saturated rings. The molecule has 0 unspecified atom stereocenters. The molecule has 4 N–H and O–H groups in total. The molecule has 0 atom stereocenters. The van der Waals surface area contributed by atoms with Crippen LogP contribution in [-0.4, -0.2) is 37.3 Å². The summed E-state index contributed by atoms with van der Waals surface area (Å²) < 4.78 is 10.4. The maximum Gasteiger partial charge on any atom is 0.310 e. The van der Waals surface area contributed by atoms with Gasteiger partial charge < -0.3 is 25.8 Å². The molecule has 1 aliphatic heterocycles. The number of allylic oxidation sites excluding steroid dienone is 2. The van der Waals surface area contributed by atoms with Gasteiger partial charge in [0.2, 0.25) is 0 Å². The average Bonchev–Trinajstić information content (AvgIpc) is 2.67. The number of carbonyl (C=O) groups excluding carboxylic acids is 1. The Bertz CT molecular complexity index is 818. The van der Waals surface area contributed by atoms with Crippen molar-refractivity contribution >= 4 is 17.4 Å².